The molecule has 8 nitrogen and oxygen atoms in total. The van der Waals surface area contributed by atoms with Crippen LogP contribution in [0.3, 0.4) is 0 Å². The number of carbonyl (C=O) groups is 4. The number of ether oxygens (including phenoxy) is 1. The number of nitrogens with zero attached hydrogens (tertiary/aromatic N) is 1. The van der Waals surface area contributed by atoms with E-state index >= 15 is 0 Å². The number of alkyl carbamates (subject to hydrolysis) is 1. The Hall–Kier alpha value is -2.90. The molecule has 0 fully saturated rings. The van der Waals surface area contributed by atoms with Crippen LogP contribution in [0.25, 0.3) is 0 Å². The fourth-order valence-corrected chi connectivity index (χ4v) is 2.14. The molecule has 1 aliphatic rings. The molecule has 1 heterocycles. The number of hydrogen-bond donors (Lipinski definition) is 1. The van der Waals surface area contributed by atoms with Crippen LogP contribution in [0.1, 0.15) is 55.3 Å². The highest BCUT2D eigenvalue weighted by atomic mass is 16.7. The van der Waals surface area contributed by atoms with E-state index < -0.39 is 34.9 Å². The molecule has 3 amide bonds. The van der Waals surface area contributed by atoms with Gasteiger partial charge in [0.25, 0.3) is 11.8 Å². The van der Waals surface area contributed by atoms with Gasteiger partial charge in [0.15, 0.2) is 0 Å². The Morgan fingerprint density at radius 2 is 1.50 bits per heavy atom. The maximum Gasteiger partial charge on any atom is 0.407 e. The molecule has 0 bridgehead atoms. The van der Waals surface area contributed by atoms with Crippen molar-refractivity contribution in [1.82, 2.24) is 10.4 Å². The molecule has 0 unspecified atom stereocenters. The van der Waals surface area contributed by atoms with Crippen molar-refractivity contribution >= 4 is 23.9 Å². The Bertz CT molecular complexity index is 728. The molecule has 8 heteroatoms. The lowest BCUT2D eigenvalue weighted by atomic mass is 9.94. The highest BCUT2D eigenvalue weighted by Crippen LogP contribution is 2.25. The Kier molecular flexibility index (Phi) is 5.06. The van der Waals surface area contributed by atoms with Crippen LogP contribution in [-0.2, 0) is 14.4 Å². The zero-order valence-electron chi connectivity index (χ0n) is 15.4. The second kappa shape index (κ2) is 6.78. The summed E-state index contributed by atoms with van der Waals surface area (Å²) < 4.78 is 5.10. The van der Waals surface area contributed by atoms with Crippen LogP contribution in [-0.4, -0.2) is 41.1 Å². The average Bonchev–Trinajstić information content (AvgIpc) is 2.77. The van der Waals surface area contributed by atoms with Crippen LogP contribution >= 0.6 is 0 Å². The summed E-state index contributed by atoms with van der Waals surface area (Å²) in [6.07, 6.45) is -0.681. The topological polar surface area (TPSA) is 102 Å². The third kappa shape index (κ3) is 4.19. The van der Waals surface area contributed by atoms with Gasteiger partial charge >= 0.3 is 12.1 Å². The van der Waals surface area contributed by atoms with Gasteiger partial charge in [-0.25, -0.2) is 9.59 Å². The molecule has 0 saturated carbocycles. The second-order valence-corrected chi connectivity index (χ2v) is 7.57. The molecule has 0 spiro atoms. The molecule has 0 aliphatic carbocycles. The van der Waals surface area contributed by atoms with E-state index in [0.717, 1.165) is 0 Å². The van der Waals surface area contributed by atoms with Gasteiger partial charge in [-0.2, -0.15) is 0 Å². The monoisotopic (exact) mass is 362 g/mol. The fraction of sp³-hybridized carbons (Fsp3) is 0.444. The highest BCUT2D eigenvalue weighted by molar-refractivity contribution is 6.20. The summed E-state index contributed by atoms with van der Waals surface area (Å²) in [7, 11) is 0. The Morgan fingerprint density at radius 1 is 1.00 bits per heavy atom. The van der Waals surface area contributed by atoms with Crippen molar-refractivity contribution in [2.24, 2.45) is 5.41 Å². The van der Waals surface area contributed by atoms with Crippen molar-refractivity contribution in [3.05, 3.63) is 35.4 Å². The van der Waals surface area contributed by atoms with Crippen molar-refractivity contribution < 1.29 is 28.8 Å². The van der Waals surface area contributed by atoms with Crippen LogP contribution in [0.4, 0.5) is 4.79 Å². The zero-order chi connectivity index (χ0) is 19.7. The predicted molar refractivity (Wildman–Crippen MR) is 91.1 cm³/mol. The minimum absolute atomic E-state index is 0.0933. The number of benzene rings is 1. The van der Waals surface area contributed by atoms with E-state index in [0.29, 0.717) is 5.06 Å². The summed E-state index contributed by atoms with van der Waals surface area (Å²) in [5, 5.41) is 2.92. The largest absolute Gasteiger partial charge is 0.444 e. The minimum atomic E-state index is -1.19. The van der Waals surface area contributed by atoms with Gasteiger partial charge in [0.05, 0.1) is 16.5 Å². The number of hydrogen-bond acceptors (Lipinski definition) is 6. The van der Waals surface area contributed by atoms with Crippen molar-refractivity contribution in [3.8, 4) is 0 Å². The smallest absolute Gasteiger partial charge is 0.407 e. The maximum absolute atomic E-state index is 12.4. The van der Waals surface area contributed by atoms with Gasteiger partial charge in [0.1, 0.15) is 5.60 Å². The number of fused-ring (bicyclic) bond motifs is 1. The second-order valence-electron chi connectivity index (χ2n) is 7.57. The first kappa shape index (κ1) is 19.4. The van der Waals surface area contributed by atoms with E-state index in [1.165, 1.54) is 26.0 Å². The van der Waals surface area contributed by atoms with Crippen LogP contribution in [0.5, 0.6) is 0 Å². The summed E-state index contributed by atoms with van der Waals surface area (Å²) in [6.45, 7) is 8.09. The van der Waals surface area contributed by atoms with Crippen LogP contribution in [0, 0.1) is 5.41 Å². The van der Waals surface area contributed by atoms with E-state index in [1.54, 1.807) is 32.9 Å². The van der Waals surface area contributed by atoms with Gasteiger partial charge in [-0.3, -0.25) is 9.59 Å². The maximum atomic E-state index is 12.4. The first-order valence-electron chi connectivity index (χ1n) is 8.09. The number of imide groups is 1. The van der Waals surface area contributed by atoms with Crippen molar-refractivity contribution in [2.45, 2.75) is 40.2 Å². The van der Waals surface area contributed by atoms with Crippen LogP contribution in [0.2, 0.25) is 0 Å². The molecular weight excluding hydrogens is 340 g/mol. The standard InChI is InChI=1S/C18H22N2O6/c1-17(2,3)25-16(24)19-10-18(4,5)15(23)26-20-13(21)11-8-6-7-9-12(11)14(20)22/h6-9H,10H2,1-5H3,(H,19,24). The average molecular weight is 362 g/mol. The summed E-state index contributed by atoms with van der Waals surface area (Å²) in [5.41, 5.74) is -1.51. The molecule has 140 valence electrons. The Labute approximate surface area is 151 Å². The SMILES string of the molecule is CC(C)(C)OC(=O)NCC(C)(C)C(=O)ON1C(=O)c2ccccc2C1=O. The van der Waals surface area contributed by atoms with Gasteiger partial charge in [-0.1, -0.05) is 17.2 Å². The summed E-state index contributed by atoms with van der Waals surface area (Å²) >= 11 is 0. The van der Waals surface area contributed by atoms with Crippen molar-refractivity contribution in [1.29, 1.82) is 0 Å². The Morgan fingerprint density at radius 3 is 1.96 bits per heavy atom. The van der Waals surface area contributed by atoms with Gasteiger partial charge in [-0.15, -0.1) is 0 Å². The third-order valence-electron chi connectivity index (χ3n) is 3.56. The van der Waals surface area contributed by atoms with Crippen molar-refractivity contribution in [3.63, 3.8) is 0 Å². The molecule has 0 aromatic heterocycles. The summed E-state index contributed by atoms with van der Waals surface area (Å²) in [5.74, 6) is -2.23. The predicted octanol–water partition coefficient (Wildman–Crippen LogP) is 2.29. The van der Waals surface area contributed by atoms with Crippen LogP contribution in [0.15, 0.2) is 24.3 Å². The molecule has 1 aliphatic heterocycles. The zero-order valence-corrected chi connectivity index (χ0v) is 15.4. The molecule has 1 aromatic rings. The molecule has 0 atom stereocenters. The van der Waals surface area contributed by atoms with Gasteiger partial charge in [0.2, 0.25) is 0 Å². The van der Waals surface area contributed by atoms with E-state index in [1.807, 2.05) is 0 Å². The van der Waals surface area contributed by atoms with E-state index in [4.69, 9.17) is 9.57 Å². The van der Waals surface area contributed by atoms with E-state index in [2.05, 4.69) is 5.32 Å². The number of amides is 3. The third-order valence-corrected chi connectivity index (χ3v) is 3.56. The lowest BCUT2D eigenvalue weighted by Gasteiger charge is -2.26. The molecule has 0 radical (unpaired) electrons. The molecule has 1 aromatic carbocycles. The lowest BCUT2D eigenvalue weighted by molar-refractivity contribution is -0.179. The molecule has 2 rings (SSSR count). The molecule has 26 heavy (non-hydrogen) atoms. The molecule has 1 N–H and O–H groups in total. The van der Waals surface area contributed by atoms with Crippen LogP contribution < -0.4 is 5.32 Å². The highest BCUT2D eigenvalue weighted by Gasteiger charge is 2.41. The molecule has 0 saturated heterocycles. The number of nitrogens with one attached hydrogen (secondary N) is 1. The van der Waals surface area contributed by atoms with Gasteiger partial charge in [0, 0.05) is 6.54 Å². The Balaban J connectivity index is 2.00. The first-order valence-corrected chi connectivity index (χ1v) is 8.09. The normalized spacial score (nSPS) is 14.1. The van der Waals surface area contributed by atoms with Crippen molar-refractivity contribution in [2.75, 3.05) is 6.54 Å². The fourth-order valence-electron chi connectivity index (χ4n) is 2.14. The lowest BCUT2D eigenvalue weighted by Crippen LogP contribution is -2.45. The first-order chi connectivity index (χ1) is 11.9. The number of hydroxylamine groups is 2. The summed E-state index contributed by atoms with van der Waals surface area (Å²) in [6, 6.07) is 6.20. The van der Waals surface area contributed by atoms with E-state index in [-0.39, 0.29) is 17.7 Å². The number of rotatable bonds is 4. The number of carbonyl (C=O) groups excluding carboxylic acids is 4. The van der Waals surface area contributed by atoms with Gasteiger partial charge in [-0.05, 0) is 46.8 Å². The van der Waals surface area contributed by atoms with Gasteiger partial charge < -0.3 is 14.9 Å². The minimum Gasteiger partial charge on any atom is -0.444 e. The summed E-state index contributed by atoms with van der Waals surface area (Å²) in [4.78, 5) is 53.6. The quantitative estimate of drug-likeness (QED) is 0.825. The molecular formula is C18H22N2O6. The van der Waals surface area contributed by atoms with E-state index in [9.17, 15) is 19.2 Å².